The monoisotopic (exact) mass is 137 g/mol. The lowest BCUT2D eigenvalue weighted by molar-refractivity contribution is 0.955. The number of hydrogen-bond acceptors (Lipinski definition) is 4. The summed E-state index contributed by atoms with van der Waals surface area (Å²) in [6, 6.07) is 3.83. The van der Waals surface area contributed by atoms with Crippen LogP contribution in [0, 0.1) is 0 Å². The number of fused-ring (bicyclic) bond motifs is 1. The van der Waals surface area contributed by atoms with E-state index in [0.717, 1.165) is 10.7 Å². The van der Waals surface area contributed by atoms with Crippen molar-refractivity contribution in [1.82, 2.24) is 15.4 Å². The van der Waals surface area contributed by atoms with E-state index in [-0.39, 0.29) is 0 Å². The maximum atomic E-state index is 3.78. The Morgan fingerprint density at radius 1 is 1.33 bits per heavy atom. The van der Waals surface area contributed by atoms with Gasteiger partial charge in [-0.3, -0.25) is 0 Å². The summed E-state index contributed by atoms with van der Waals surface area (Å²) in [5, 5.41) is 13.9. The van der Waals surface area contributed by atoms with Crippen molar-refractivity contribution >= 4 is 11.3 Å². The summed E-state index contributed by atoms with van der Waals surface area (Å²) in [6.45, 7) is 0. The zero-order valence-corrected chi connectivity index (χ0v) is 5.30. The van der Waals surface area contributed by atoms with Crippen molar-refractivity contribution in [2.45, 2.75) is 0 Å². The van der Waals surface area contributed by atoms with Crippen molar-refractivity contribution in [2.75, 3.05) is 0 Å². The quantitative estimate of drug-likeness (QED) is 0.544. The van der Waals surface area contributed by atoms with E-state index in [0.29, 0.717) is 0 Å². The van der Waals surface area contributed by atoms with Crippen LogP contribution in [0.4, 0.5) is 0 Å². The number of hydrogen-bond donors (Lipinski definition) is 0. The van der Waals surface area contributed by atoms with E-state index in [1.165, 1.54) is 0 Å². The normalized spacial score (nSPS) is 10.2. The fraction of sp³-hybridized carbons (Fsp3) is 0. The fourth-order valence-corrected chi connectivity index (χ4v) is 1.23. The second-order valence-corrected chi connectivity index (χ2v) is 2.49. The molecule has 0 aliphatic carbocycles. The molecule has 3 nitrogen and oxygen atoms in total. The Morgan fingerprint density at radius 2 is 2.33 bits per heavy atom. The summed E-state index contributed by atoms with van der Waals surface area (Å²) in [5.41, 5.74) is 0.877. The smallest absolute Gasteiger partial charge is 0.127 e. The predicted octanol–water partition coefficient (Wildman–Crippen LogP) is 1.04. The molecule has 0 amide bonds. The summed E-state index contributed by atoms with van der Waals surface area (Å²) < 4.78 is 0. The summed E-state index contributed by atoms with van der Waals surface area (Å²) in [6.07, 6.45) is 0. The average Bonchev–Trinajstić information content (AvgIpc) is 2.33. The van der Waals surface area contributed by atoms with Gasteiger partial charge in [-0.25, -0.2) is 0 Å². The van der Waals surface area contributed by atoms with Gasteiger partial charge in [0.15, 0.2) is 5.01 Å². The molecule has 0 saturated carbocycles. The number of nitrogens with zero attached hydrogens (tertiary/aromatic N) is 3. The molecule has 2 rings (SSSR count). The van der Waals surface area contributed by atoms with Crippen molar-refractivity contribution < 1.29 is 0 Å². The van der Waals surface area contributed by atoms with Crippen LogP contribution in [-0.2, 0) is 0 Å². The van der Waals surface area contributed by atoms with E-state index in [9.17, 15) is 0 Å². The van der Waals surface area contributed by atoms with Gasteiger partial charge in [-0.1, -0.05) is 0 Å². The molecule has 44 valence electrons. The Labute approximate surface area is 55.7 Å². The highest BCUT2D eigenvalue weighted by atomic mass is 32.1. The van der Waals surface area contributed by atoms with Gasteiger partial charge in [0.2, 0.25) is 0 Å². The van der Waals surface area contributed by atoms with E-state index < -0.39 is 0 Å². The molecule has 0 saturated heterocycles. The molecular weight excluding hydrogens is 134 g/mol. The van der Waals surface area contributed by atoms with Crippen LogP contribution in [0.1, 0.15) is 0 Å². The maximum Gasteiger partial charge on any atom is 0.168 e. The lowest BCUT2D eigenvalue weighted by Gasteiger charge is -1.84. The minimum Gasteiger partial charge on any atom is -0.127 e. The molecular formula is C5H3N3S. The zero-order chi connectivity index (χ0) is 6.10. The molecule has 0 unspecified atom stereocenters. The van der Waals surface area contributed by atoms with Crippen LogP contribution in [0.25, 0.3) is 10.7 Å². The highest BCUT2D eigenvalue weighted by Crippen LogP contribution is 2.18. The molecule has 0 spiro atoms. The van der Waals surface area contributed by atoms with E-state index in [4.69, 9.17) is 0 Å². The maximum absolute atomic E-state index is 3.78. The molecule has 0 radical (unpaired) electrons. The van der Waals surface area contributed by atoms with E-state index in [2.05, 4.69) is 15.4 Å². The third-order valence-corrected chi connectivity index (χ3v) is 1.83. The van der Waals surface area contributed by atoms with Gasteiger partial charge < -0.3 is 0 Å². The van der Waals surface area contributed by atoms with Crippen molar-refractivity contribution in [2.24, 2.45) is 0 Å². The Hall–Kier alpha value is -1.03. The number of rotatable bonds is 0. The molecule has 9 heavy (non-hydrogen) atoms. The van der Waals surface area contributed by atoms with Crippen LogP contribution in [0.2, 0.25) is 0 Å². The summed E-state index contributed by atoms with van der Waals surface area (Å²) in [7, 11) is 0. The van der Waals surface area contributed by atoms with Crippen LogP contribution < -0.4 is 0 Å². The molecule has 4 heteroatoms. The fourth-order valence-electron chi connectivity index (χ4n) is 0.628. The molecule has 0 aromatic rings. The van der Waals surface area contributed by atoms with Gasteiger partial charge in [-0.2, -0.15) is 0 Å². The Balaban J connectivity index is 2.79. The van der Waals surface area contributed by atoms with E-state index in [1.807, 2.05) is 17.5 Å². The predicted molar refractivity (Wildman–Crippen MR) is 34.3 cm³/mol. The standard InChI is InChI=1S/C5H3N3S/c1-2-4-5(9-3-1)7-8-6-4/h1-3H. The van der Waals surface area contributed by atoms with Gasteiger partial charge >= 0.3 is 0 Å². The number of aromatic nitrogens is 3. The van der Waals surface area contributed by atoms with E-state index in [1.54, 1.807) is 11.3 Å². The summed E-state index contributed by atoms with van der Waals surface area (Å²) >= 11 is 1.55. The zero-order valence-electron chi connectivity index (χ0n) is 4.48. The highest BCUT2D eigenvalue weighted by Gasteiger charge is 2.03. The highest BCUT2D eigenvalue weighted by molar-refractivity contribution is 7.12. The first-order valence-electron chi connectivity index (χ1n) is 2.49. The first kappa shape index (κ1) is 4.81. The topological polar surface area (TPSA) is 38.7 Å². The van der Waals surface area contributed by atoms with Crippen LogP contribution in [-0.4, -0.2) is 15.4 Å². The van der Waals surface area contributed by atoms with Gasteiger partial charge in [-0.05, 0) is 22.7 Å². The lowest BCUT2D eigenvalue weighted by Crippen LogP contribution is -1.69. The van der Waals surface area contributed by atoms with Crippen LogP contribution in [0.3, 0.4) is 0 Å². The summed E-state index contributed by atoms with van der Waals surface area (Å²) in [5.74, 6) is 0. The SMILES string of the molecule is c1csc2nnnc-2c1. The molecule has 2 heterocycles. The summed E-state index contributed by atoms with van der Waals surface area (Å²) in [4.78, 5) is 0. The average molecular weight is 137 g/mol. The molecule has 0 atom stereocenters. The molecule has 0 N–H and O–H groups in total. The first-order chi connectivity index (χ1) is 4.47. The molecule has 0 bridgehead atoms. The van der Waals surface area contributed by atoms with Crippen molar-refractivity contribution in [1.29, 1.82) is 0 Å². The molecule has 0 fully saturated rings. The second-order valence-electron chi connectivity index (χ2n) is 1.59. The van der Waals surface area contributed by atoms with Crippen molar-refractivity contribution in [3.63, 3.8) is 0 Å². The van der Waals surface area contributed by atoms with E-state index >= 15 is 0 Å². The van der Waals surface area contributed by atoms with Crippen LogP contribution in [0.15, 0.2) is 17.5 Å². The Bertz CT molecular complexity index is 252. The minimum absolute atomic E-state index is 0.877. The molecule has 2 aliphatic heterocycles. The van der Waals surface area contributed by atoms with Gasteiger partial charge in [0.25, 0.3) is 0 Å². The third-order valence-electron chi connectivity index (χ3n) is 1.02. The minimum atomic E-state index is 0.877. The second kappa shape index (κ2) is 1.73. The van der Waals surface area contributed by atoms with Gasteiger partial charge in [0, 0.05) is 0 Å². The molecule has 0 aromatic heterocycles. The first-order valence-corrected chi connectivity index (χ1v) is 3.37. The third kappa shape index (κ3) is 0.675. The van der Waals surface area contributed by atoms with Gasteiger partial charge in [-0.15, -0.1) is 21.5 Å². The van der Waals surface area contributed by atoms with Crippen molar-refractivity contribution in [3.05, 3.63) is 17.5 Å². The molecule has 0 aromatic carbocycles. The Kier molecular flexibility index (Phi) is 0.927. The largest absolute Gasteiger partial charge is 0.168 e. The van der Waals surface area contributed by atoms with Gasteiger partial charge in [0.05, 0.1) is 0 Å². The Morgan fingerprint density at radius 3 is 3.22 bits per heavy atom. The van der Waals surface area contributed by atoms with Crippen LogP contribution >= 0.6 is 11.3 Å². The van der Waals surface area contributed by atoms with Crippen molar-refractivity contribution in [3.8, 4) is 10.7 Å². The molecule has 2 aliphatic rings. The lowest BCUT2D eigenvalue weighted by atomic mass is 10.4. The van der Waals surface area contributed by atoms with Gasteiger partial charge in [0.1, 0.15) is 5.69 Å². The van der Waals surface area contributed by atoms with Crippen LogP contribution in [0.5, 0.6) is 0 Å².